The van der Waals surface area contributed by atoms with Gasteiger partial charge in [-0.2, -0.15) is 0 Å². The summed E-state index contributed by atoms with van der Waals surface area (Å²) >= 11 is 0. The fourth-order valence-corrected chi connectivity index (χ4v) is 1.79. The van der Waals surface area contributed by atoms with Crippen LogP contribution in [0.1, 0.15) is 19.4 Å². The molecule has 0 amide bonds. The lowest BCUT2D eigenvalue weighted by molar-refractivity contribution is -0.144. The Labute approximate surface area is 116 Å². The van der Waals surface area contributed by atoms with Crippen LogP contribution in [0.5, 0.6) is 0 Å². The van der Waals surface area contributed by atoms with E-state index >= 15 is 0 Å². The van der Waals surface area contributed by atoms with E-state index in [1.807, 2.05) is 32.0 Å². The van der Waals surface area contributed by atoms with Gasteiger partial charge in [-0.25, -0.2) is 0 Å². The Balaban J connectivity index is 2.33. The first kappa shape index (κ1) is 15.9. The van der Waals surface area contributed by atoms with Crippen molar-refractivity contribution >= 4 is 6.08 Å². The van der Waals surface area contributed by atoms with Gasteiger partial charge in [0.2, 0.25) is 0 Å². The molecule has 19 heavy (non-hydrogen) atoms. The van der Waals surface area contributed by atoms with Gasteiger partial charge in [0.15, 0.2) is 6.29 Å². The largest absolute Gasteiger partial charge is 0.352 e. The second-order valence-electron chi connectivity index (χ2n) is 4.37. The number of benzene rings is 1. The Kier molecular flexibility index (Phi) is 8.14. The molecule has 106 valence electrons. The minimum Gasteiger partial charge on any atom is -0.352 e. The summed E-state index contributed by atoms with van der Waals surface area (Å²) in [5, 5.41) is 0. The first-order valence-corrected chi connectivity index (χ1v) is 6.89. The summed E-state index contributed by atoms with van der Waals surface area (Å²) < 4.78 is 11.1. The molecule has 0 saturated heterocycles. The second-order valence-corrected chi connectivity index (χ2v) is 4.37. The number of likely N-dealkylation sites (N-methyl/N-ethyl adjacent to an activating group) is 1. The molecule has 0 heterocycles. The van der Waals surface area contributed by atoms with Gasteiger partial charge >= 0.3 is 0 Å². The minimum atomic E-state index is -0.134. The lowest BCUT2D eigenvalue weighted by atomic mass is 10.2. The summed E-state index contributed by atoms with van der Waals surface area (Å²) in [5.74, 6) is 0. The molecule has 0 radical (unpaired) electrons. The Hall–Kier alpha value is -1.16. The van der Waals surface area contributed by atoms with Crippen molar-refractivity contribution in [3.05, 3.63) is 42.0 Å². The molecule has 0 unspecified atom stereocenters. The summed E-state index contributed by atoms with van der Waals surface area (Å²) in [6.07, 6.45) is 4.15. The van der Waals surface area contributed by atoms with E-state index in [2.05, 4.69) is 36.2 Å². The van der Waals surface area contributed by atoms with Crippen LogP contribution in [-0.4, -0.2) is 44.5 Å². The van der Waals surface area contributed by atoms with E-state index in [0.717, 1.165) is 13.1 Å². The van der Waals surface area contributed by atoms with Crippen molar-refractivity contribution in [1.82, 2.24) is 4.90 Å². The monoisotopic (exact) mass is 263 g/mol. The van der Waals surface area contributed by atoms with Gasteiger partial charge in [0.05, 0.1) is 0 Å². The van der Waals surface area contributed by atoms with E-state index in [0.29, 0.717) is 13.2 Å². The molecular formula is C16H25NO2. The van der Waals surface area contributed by atoms with Crippen LogP contribution in [0.2, 0.25) is 0 Å². The van der Waals surface area contributed by atoms with Crippen molar-refractivity contribution in [2.45, 2.75) is 20.1 Å². The number of rotatable bonds is 9. The fraction of sp³-hybridized carbons (Fsp3) is 0.500. The van der Waals surface area contributed by atoms with Crippen molar-refractivity contribution in [2.24, 2.45) is 0 Å². The van der Waals surface area contributed by atoms with Gasteiger partial charge < -0.3 is 9.47 Å². The number of hydrogen-bond donors (Lipinski definition) is 0. The minimum absolute atomic E-state index is 0.134. The highest BCUT2D eigenvalue weighted by molar-refractivity contribution is 5.48. The zero-order valence-electron chi connectivity index (χ0n) is 12.2. The standard InChI is InChI=1S/C16H25NO2/c1-4-18-16(19-5-2)14-17(3)13-9-12-15-10-7-6-8-11-15/h6-12,16H,4-5,13-14H2,1-3H3/b12-9+. The predicted molar refractivity (Wildman–Crippen MR) is 80.0 cm³/mol. The fourth-order valence-electron chi connectivity index (χ4n) is 1.79. The molecule has 0 aliphatic carbocycles. The maximum atomic E-state index is 5.53. The molecular weight excluding hydrogens is 238 g/mol. The molecule has 0 N–H and O–H groups in total. The third kappa shape index (κ3) is 7.11. The summed E-state index contributed by atoms with van der Waals surface area (Å²) in [6, 6.07) is 10.3. The highest BCUT2D eigenvalue weighted by Crippen LogP contribution is 2.02. The van der Waals surface area contributed by atoms with Crippen LogP contribution in [0.4, 0.5) is 0 Å². The molecule has 1 aromatic carbocycles. The van der Waals surface area contributed by atoms with Crippen molar-refractivity contribution in [2.75, 3.05) is 33.4 Å². The number of ether oxygens (including phenoxy) is 2. The van der Waals surface area contributed by atoms with Crippen LogP contribution in [-0.2, 0) is 9.47 Å². The molecule has 0 aliphatic heterocycles. The first-order chi connectivity index (χ1) is 9.26. The SMILES string of the molecule is CCOC(CN(C)C/C=C/c1ccccc1)OCC. The van der Waals surface area contributed by atoms with E-state index in [9.17, 15) is 0 Å². The Bertz CT molecular complexity index is 345. The smallest absolute Gasteiger partial charge is 0.170 e. The van der Waals surface area contributed by atoms with Crippen molar-refractivity contribution in [1.29, 1.82) is 0 Å². The van der Waals surface area contributed by atoms with Crippen LogP contribution in [0, 0.1) is 0 Å². The zero-order chi connectivity index (χ0) is 13.9. The molecule has 0 aliphatic rings. The predicted octanol–water partition coefficient (Wildman–Crippen LogP) is 3.03. The lowest BCUT2D eigenvalue weighted by Crippen LogP contribution is -2.33. The van der Waals surface area contributed by atoms with E-state index < -0.39 is 0 Å². The van der Waals surface area contributed by atoms with E-state index in [-0.39, 0.29) is 6.29 Å². The van der Waals surface area contributed by atoms with Crippen LogP contribution in [0.3, 0.4) is 0 Å². The molecule has 1 rings (SSSR count). The Morgan fingerprint density at radius 3 is 2.32 bits per heavy atom. The summed E-state index contributed by atoms with van der Waals surface area (Å²) in [5.41, 5.74) is 1.22. The van der Waals surface area contributed by atoms with Crippen LogP contribution >= 0.6 is 0 Å². The number of hydrogen-bond acceptors (Lipinski definition) is 3. The van der Waals surface area contributed by atoms with Gasteiger partial charge in [-0.15, -0.1) is 0 Å². The molecule has 0 fully saturated rings. The lowest BCUT2D eigenvalue weighted by Gasteiger charge is -2.22. The summed E-state index contributed by atoms with van der Waals surface area (Å²) in [7, 11) is 2.07. The molecule has 0 atom stereocenters. The maximum absolute atomic E-state index is 5.53. The highest BCUT2D eigenvalue weighted by Gasteiger charge is 2.10. The van der Waals surface area contributed by atoms with Crippen molar-refractivity contribution in [3.63, 3.8) is 0 Å². The van der Waals surface area contributed by atoms with Crippen molar-refractivity contribution in [3.8, 4) is 0 Å². The third-order valence-electron chi connectivity index (χ3n) is 2.69. The molecule has 3 nitrogen and oxygen atoms in total. The van der Waals surface area contributed by atoms with Crippen LogP contribution < -0.4 is 0 Å². The summed E-state index contributed by atoms with van der Waals surface area (Å²) in [6.45, 7) is 6.99. The maximum Gasteiger partial charge on any atom is 0.170 e. The van der Waals surface area contributed by atoms with Crippen LogP contribution in [0.25, 0.3) is 6.08 Å². The average Bonchev–Trinajstić information content (AvgIpc) is 2.40. The van der Waals surface area contributed by atoms with Gasteiger partial charge in [-0.3, -0.25) is 4.90 Å². The Morgan fingerprint density at radius 2 is 1.74 bits per heavy atom. The molecule has 3 heteroatoms. The molecule has 0 aromatic heterocycles. The van der Waals surface area contributed by atoms with Gasteiger partial charge in [0.1, 0.15) is 0 Å². The van der Waals surface area contributed by atoms with Gasteiger partial charge in [0, 0.05) is 26.3 Å². The average molecular weight is 263 g/mol. The topological polar surface area (TPSA) is 21.7 Å². The quantitative estimate of drug-likeness (QED) is 0.639. The third-order valence-corrected chi connectivity index (χ3v) is 2.69. The molecule has 0 spiro atoms. The van der Waals surface area contributed by atoms with Crippen LogP contribution in [0.15, 0.2) is 36.4 Å². The van der Waals surface area contributed by atoms with Gasteiger partial charge in [0.25, 0.3) is 0 Å². The van der Waals surface area contributed by atoms with Gasteiger partial charge in [-0.05, 0) is 26.5 Å². The highest BCUT2D eigenvalue weighted by atomic mass is 16.7. The summed E-state index contributed by atoms with van der Waals surface area (Å²) in [4.78, 5) is 2.19. The Morgan fingerprint density at radius 1 is 1.11 bits per heavy atom. The molecule has 1 aromatic rings. The molecule has 0 saturated carbocycles. The second kappa shape index (κ2) is 9.73. The van der Waals surface area contributed by atoms with E-state index in [1.165, 1.54) is 5.56 Å². The zero-order valence-corrected chi connectivity index (χ0v) is 12.2. The first-order valence-electron chi connectivity index (χ1n) is 6.89. The normalized spacial score (nSPS) is 11.8. The van der Waals surface area contributed by atoms with E-state index in [4.69, 9.17) is 9.47 Å². The molecule has 0 bridgehead atoms. The number of nitrogens with zero attached hydrogens (tertiary/aromatic N) is 1. The van der Waals surface area contributed by atoms with Gasteiger partial charge in [-0.1, -0.05) is 42.5 Å². The van der Waals surface area contributed by atoms with E-state index in [1.54, 1.807) is 0 Å². The van der Waals surface area contributed by atoms with Crippen molar-refractivity contribution < 1.29 is 9.47 Å².